The molecule has 12 nitrogen and oxygen atoms in total. The summed E-state index contributed by atoms with van der Waals surface area (Å²) in [5.74, 6) is -0.487. The molecule has 3 N–H and O–H groups in total. The van der Waals surface area contributed by atoms with E-state index in [2.05, 4.69) is 20.9 Å². The third-order valence-corrected chi connectivity index (χ3v) is 8.82. The van der Waals surface area contributed by atoms with E-state index in [0.717, 1.165) is 12.1 Å². The van der Waals surface area contributed by atoms with Gasteiger partial charge in [-0.25, -0.2) is 0 Å². The Kier molecular flexibility index (Phi) is 13.6. The zero-order valence-corrected chi connectivity index (χ0v) is 28.6. The van der Waals surface area contributed by atoms with E-state index in [1.165, 1.54) is 0 Å². The maximum absolute atomic E-state index is 13.9. The highest BCUT2D eigenvalue weighted by Gasteiger charge is 2.30. The number of fused-ring (bicyclic) bond motifs is 2. The molecule has 12 heteroatoms. The van der Waals surface area contributed by atoms with E-state index in [1.807, 2.05) is 30.3 Å². The number of benzene rings is 3. The summed E-state index contributed by atoms with van der Waals surface area (Å²) in [5, 5.41) is 8.92. The monoisotopic (exact) mass is 685 g/mol. The van der Waals surface area contributed by atoms with Crippen LogP contribution in [0.1, 0.15) is 45.5 Å². The van der Waals surface area contributed by atoms with Crippen molar-refractivity contribution in [2.45, 2.75) is 37.8 Å². The molecule has 2 atom stereocenters. The van der Waals surface area contributed by atoms with Crippen LogP contribution in [0.4, 0.5) is 0 Å². The highest BCUT2D eigenvalue weighted by molar-refractivity contribution is 6.00. The minimum Gasteiger partial charge on any atom is -0.493 e. The lowest BCUT2D eigenvalue weighted by Crippen LogP contribution is -2.55. The molecule has 0 spiro atoms. The van der Waals surface area contributed by atoms with Crippen molar-refractivity contribution in [2.75, 3.05) is 66.2 Å². The smallest absolute Gasteiger partial charge is 0.255 e. The SMILES string of the molecule is COCCN1CCN(C(=O)[C@@H]2CCC(=O)N[C@H](Cc3ccccc3)COc3ccccc3C(=O)NCCCOc3ccccc3C(=O)N2)CC1. The molecule has 0 aliphatic carbocycles. The number of hydrogen-bond acceptors (Lipinski definition) is 8. The molecule has 5 rings (SSSR count). The Bertz CT molecular complexity index is 1580. The van der Waals surface area contributed by atoms with E-state index < -0.39 is 18.0 Å². The average molecular weight is 686 g/mol. The van der Waals surface area contributed by atoms with Gasteiger partial charge in [-0.2, -0.15) is 0 Å². The van der Waals surface area contributed by atoms with E-state index >= 15 is 0 Å². The minimum atomic E-state index is -0.927. The lowest BCUT2D eigenvalue weighted by molar-refractivity contribution is -0.135. The van der Waals surface area contributed by atoms with E-state index in [1.54, 1.807) is 60.5 Å². The standard InChI is InChI=1S/C38H47N5O7/c1-48-25-23-42-19-21-43(22-20-42)38(47)32-16-17-35(44)40-29(26-28-10-3-2-4-11-28)27-50-34-15-8-5-12-30(34)36(45)39-18-9-24-49-33-14-7-6-13-31(33)37(46)41-32/h2-8,10-15,29,32H,9,16-27H2,1H3,(H,39,45)(H,40,44)(H,41,46)/t29-,32+/m1/s1. The Hall–Kier alpha value is -4.94. The fraction of sp³-hybridized carbons (Fsp3) is 0.421. The van der Waals surface area contributed by atoms with Crippen LogP contribution in [0.15, 0.2) is 78.9 Å². The van der Waals surface area contributed by atoms with Gasteiger partial charge in [-0.1, -0.05) is 54.6 Å². The number of piperazine rings is 1. The number of nitrogens with zero attached hydrogens (tertiary/aromatic N) is 2. The molecule has 266 valence electrons. The molecule has 3 aromatic rings. The molecule has 0 aromatic heterocycles. The fourth-order valence-corrected chi connectivity index (χ4v) is 6.05. The molecule has 1 fully saturated rings. The second-order valence-electron chi connectivity index (χ2n) is 12.4. The number of nitrogens with one attached hydrogen (secondary N) is 3. The first kappa shape index (κ1) is 36.3. The van der Waals surface area contributed by atoms with E-state index in [4.69, 9.17) is 14.2 Å². The zero-order chi connectivity index (χ0) is 35.1. The zero-order valence-electron chi connectivity index (χ0n) is 28.6. The van der Waals surface area contributed by atoms with Crippen molar-refractivity contribution >= 4 is 23.6 Å². The van der Waals surface area contributed by atoms with Gasteiger partial charge >= 0.3 is 0 Å². The van der Waals surface area contributed by atoms with Crippen LogP contribution in [0.2, 0.25) is 0 Å². The second-order valence-corrected chi connectivity index (χ2v) is 12.4. The van der Waals surface area contributed by atoms with E-state index in [-0.39, 0.29) is 49.3 Å². The molecule has 3 aromatic carbocycles. The summed E-state index contributed by atoms with van der Waals surface area (Å²) in [7, 11) is 1.67. The third kappa shape index (κ3) is 10.5. The number of carbonyl (C=O) groups is 4. The largest absolute Gasteiger partial charge is 0.493 e. The lowest BCUT2D eigenvalue weighted by Gasteiger charge is -2.36. The van der Waals surface area contributed by atoms with Gasteiger partial charge in [-0.05, 0) is 49.1 Å². The average Bonchev–Trinajstić information content (AvgIpc) is 3.14. The van der Waals surface area contributed by atoms with Crippen LogP contribution in [-0.4, -0.2) is 112 Å². The Morgan fingerprint density at radius 1 is 0.820 bits per heavy atom. The summed E-state index contributed by atoms with van der Waals surface area (Å²) in [6, 6.07) is 22.2. The van der Waals surface area contributed by atoms with Crippen LogP contribution < -0.4 is 25.4 Å². The first-order valence-electron chi connectivity index (χ1n) is 17.3. The molecule has 50 heavy (non-hydrogen) atoms. The van der Waals surface area contributed by atoms with Crippen molar-refractivity contribution in [3.63, 3.8) is 0 Å². The van der Waals surface area contributed by atoms with Gasteiger partial charge < -0.3 is 35.1 Å². The molecular weight excluding hydrogens is 638 g/mol. The number of hydrogen-bond donors (Lipinski definition) is 3. The first-order valence-corrected chi connectivity index (χ1v) is 17.3. The van der Waals surface area contributed by atoms with E-state index in [0.29, 0.717) is 69.2 Å². The van der Waals surface area contributed by atoms with Crippen molar-refractivity contribution < 1.29 is 33.4 Å². The van der Waals surface area contributed by atoms with Crippen molar-refractivity contribution in [1.29, 1.82) is 0 Å². The summed E-state index contributed by atoms with van der Waals surface area (Å²) < 4.78 is 17.3. The number of amides is 4. The summed E-state index contributed by atoms with van der Waals surface area (Å²) in [6.07, 6.45) is 1.08. The molecule has 0 bridgehead atoms. The predicted octanol–water partition coefficient (Wildman–Crippen LogP) is 2.67. The number of rotatable bonds is 6. The van der Waals surface area contributed by atoms with Gasteiger partial charge in [0.05, 0.1) is 30.4 Å². The Morgan fingerprint density at radius 3 is 2.20 bits per heavy atom. The van der Waals surface area contributed by atoms with Crippen LogP contribution >= 0.6 is 0 Å². The first-order chi connectivity index (χ1) is 24.4. The number of para-hydroxylation sites is 2. The van der Waals surface area contributed by atoms with Gasteiger partial charge in [0.2, 0.25) is 11.8 Å². The Morgan fingerprint density at radius 2 is 1.48 bits per heavy atom. The quantitative estimate of drug-likeness (QED) is 0.360. The Labute approximate surface area is 293 Å². The van der Waals surface area contributed by atoms with Crippen molar-refractivity contribution in [3.05, 3.63) is 95.6 Å². The fourth-order valence-electron chi connectivity index (χ4n) is 6.05. The van der Waals surface area contributed by atoms with Gasteiger partial charge in [0, 0.05) is 52.8 Å². The van der Waals surface area contributed by atoms with Crippen LogP contribution in [0.3, 0.4) is 0 Å². The maximum atomic E-state index is 13.9. The minimum absolute atomic E-state index is 0.00702. The predicted molar refractivity (Wildman–Crippen MR) is 188 cm³/mol. The van der Waals surface area contributed by atoms with Crippen molar-refractivity contribution in [3.8, 4) is 11.5 Å². The normalized spacial score (nSPS) is 20.1. The molecule has 1 saturated heterocycles. The van der Waals surface area contributed by atoms with Gasteiger partial charge in [0.25, 0.3) is 11.8 Å². The summed E-state index contributed by atoms with van der Waals surface area (Å²) in [5.41, 5.74) is 1.68. The highest BCUT2D eigenvalue weighted by atomic mass is 16.5. The van der Waals surface area contributed by atoms with Gasteiger partial charge in [-0.15, -0.1) is 0 Å². The highest BCUT2D eigenvalue weighted by Crippen LogP contribution is 2.21. The second kappa shape index (κ2) is 18.7. The summed E-state index contributed by atoms with van der Waals surface area (Å²) in [6.45, 7) is 4.49. The van der Waals surface area contributed by atoms with Gasteiger partial charge in [0.1, 0.15) is 24.1 Å². The number of methoxy groups -OCH3 is 1. The number of carbonyl (C=O) groups excluding carboxylic acids is 4. The van der Waals surface area contributed by atoms with Crippen LogP contribution in [0.25, 0.3) is 0 Å². The van der Waals surface area contributed by atoms with Crippen LogP contribution in [0, 0.1) is 0 Å². The molecule has 2 aliphatic rings. The number of ether oxygens (including phenoxy) is 3. The topological polar surface area (TPSA) is 139 Å². The van der Waals surface area contributed by atoms with Crippen molar-refractivity contribution in [2.24, 2.45) is 0 Å². The molecule has 2 heterocycles. The molecule has 2 aliphatic heterocycles. The van der Waals surface area contributed by atoms with Gasteiger partial charge in [0.15, 0.2) is 0 Å². The maximum Gasteiger partial charge on any atom is 0.255 e. The Balaban J connectivity index is 1.37. The van der Waals surface area contributed by atoms with Crippen molar-refractivity contribution in [1.82, 2.24) is 25.8 Å². The third-order valence-electron chi connectivity index (χ3n) is 8.82. The molecule has 0 radical (unpaired) electrons. The molecule has 0 saturated carbocycles. The van der Waals surface area contributed by atoms with Crippen LogP contribution in [0.5, 0.6) is 11.5 Å². The lowest BCUT2D eigenvalue weighted by atomic mass is 10.0. The van der Waals surface area contributed by atoms with E-state index in [9.17, 15) is 19.2 Å². The van der Waals surface area contributed by atoms with Crippen LogP contribution in [-0.2, 0) is 20.7 Å². The van der Waals surface area contributed by atoms with Gasteiger partial charge in [-0.3, -0.25) is 24.1 Å². The molecule has 0 unspecified atom stereocenters. The summed E-state index contributed by atoms with van der Waals surface area (Å²) in [4.78, 5) is 58.2. The summed E-state index contributed by atoms with van der Waals surface area (Å²) >= 11 is 0. The molecular formula is C38H47N5O7. The molecule has 4 amide bonds.